The Hall–Kier alpha value is -1.49. The largest absolute Gasteiger partial charge is 0.374 e. The van der Waals surface area contributed by atoms with Gasteiger partial charge in [-0.05, 0) is 12.1 Å². The quantitative estimate of drug-likeness (QED) is 0.774. The maximum Gasteiger partial charge on any atom is 0.199 e. The number of nitrogens with zero attached hydrogens (tertiary/aromatic N) is 3. The van der Waals surface area contributed by atoms with Crippen LogP contribution in [-0.4, -0.2) is 14.3 Å². The summed E-state index contributed by atoms with van der Waals surface area (Å²) in [4.78, 5) is 8.22. The summed E-state index contributed by atoms with van der Waals surface area (Å²) < 4.78 is 4.08. The summed E-state index contributed by atoms with van der Waals surface area (Å²) in [5, 5.41) is 0.505. The second-order valence-corrected chi connectivity index (χ2v) is 3.33. The Morgan fingerprint density at radius 3 is 2.92 bits per heavy atom. The van der Waals surface area contributed by atoms with Gasteiger partial charge in [-0.2, -0.15) is 4.37 Å². The predicted octanol–water partition coefficient (Wildman–Crippen LogP) is 1.11. The molecular weight excluding hydrogens is 184 g/mol. The minimum Gasteiger partial charge on any atom is -0.374 e. The van der Waals surface area contributed by atoms with Crippen LogP contribution in [0.3, 0.4) is 0 Å². The van der Waals surface area contributed by atoms with Gasteiger partial charge in [-0.3, -0.25) is 4.98 Å². The lowest BCUT2D eigenvalue weighted by atomic mass is 10.3. The van der Waals surface area contributed by atoms with Crippen LogP contribution >= 0.6 is 11.5 Å². The lowest BCUT2D eigenvalue weighted by Gasteiger charge is -1.93. The lowest BCUT2D eigenvalue weighted by Crippen LogP contribution is -1.93. The fourth-order valence-electron chi connectivity index (χ4n) is 1.00. The Morgan fingerprint density at radius 1 is 1.38 bits per heavy atom. The number of rotatable bonds is 2. The number of hydrogen-bond donors (Lipinski definition) is 1. The molecule has 2 rings (SSSR count). The first-order chi connectivity index (χ1) is 6.34. The van der Waals surface area contributed by atoms with E-state index in [1.807, 2.05) is 18.2 Å². The summed E-state index contributed by atoms with van der Waals surface area (Å²) in [7, 11) is 0. The van der Waals surface area contributed by atoms with Crippen LogP contribution in [0, 0.1) is 0 Å². The summed E-state index contributed by atoms with van der Waals surface area (Å²) >= 11 is 1.21. The van der Waals surface area contributed by atoms with Crippen molar-refractivity contribution >= 4 is 16.7 Å². The maximum atomic E-state index is 5.46. The Labute approximate surface area is 79.6 Å². The molecule has 2 N–H and O–H groups in total. The molecule has 0 amide bonds. The summed E-state index contributed by atoms with van der Waals surface area (Å²) in [6.07, 6.45) is 2.40. The summed E-state index contributed by atoms with van der Waals surface area (Å²) in [6.45, 7) is 0. The molecule has 2 aromatic rings. The molecule has 5 heteroatoms. The summed E-state index contributed by atoms with van der Waals surface area (Å²) in [6, 6.07) is 5.77. The zero-order valence-corrected chi connectivity index (χ0v) is 7.66. The van der Waals surface area contributed by atoms with E-state index < -0.39 is 0 Å². The number of nitrogen functional groups attached to an aromatic ring is 1. The molecule has 0 atom stereocenters. The van der Waals surface area contributed by atoms with Crippen LogP contribution in [0.1, 0.15) is 11.5 Å². The number of hydrogen-bond acceptors (Lipinski definition) is 5. The van der Waals surface area contributed by atoms with Crippen LogP contribution in [0.2, 0.25) is 0 Å². The molecule has 13 heavy (non-hydrogen) atoms. The molecular formula is C8H8N4S. The molecule has 0 fully saturated rings. The highest BCUT2D eigenvalue weighted by molar-refractivity contribution is 7.09. The second kappa shape index (κ2) is 3.49. The fourth-order valence-corrected chi connectivity index (χ4v) is 1.45. The van der Waals surface area contributed by atoms with Gasteiger partial charge < -0.3 is 5.73 Å². The van der Waals surface area contributed by atoms with Gasteiger partial charge in [0.15, 0.2) is 11.0 Å². The minimum atomic E-state index is 0.505. The normalized spacial score (nSPS) is 10.2. The molecule has 0 spiro atoms. The van der Waals surface area contributed by atoms with Gasteiger partial charge in [0.1, 0.15) is 0 Å². The fraction of sp³-hybridized carbons (Fsp3) is 0.125. The molecule has 0 unspecified atom stereocenters. The molecule has 0 radical (unpaired) electrons. The molecule has 0 saturated carbocycles. The Morgan fingerprint density at radius 2 is 2.31 bits per heavy atom. The number of anilines is 1. The van der Waals surface area contributed by atoms with Crippen molar-refractivity contribution in [2.24, 2.45) is 0 Å². The van der Waals surface area contributed by atoms with Gasteiger partial charge in [0.25, 0.3) is 0 Å². The molecule has 0 aliphatic heterocycles. The van der Waals surface area contributed by atoms with Gasteiger partial charge >= 0.3 is 0 Å². The van der Waals surface area contributed by atoms with E-state index in [1.54, 1.807) is 6.20 Å². The third kappa shape index (κ3) is 2.00. The molecule has 2 aromatic heterocycles. The van der Waals surface area contributed by atoms with Gasteiger partial charge in [-0.1, -0.05) is 6.07 Å². The molecule has 0 aromatic carbocycles. The second-order valence-electron chi connectivity index (χ2n) is 2.55. The van der Waals surface area contributed by atoms with Crippen LogP contribution in [-0.2, 0) is 6.42 Å². The first-order valence-electron chi connectivity index (χ1n) is 3.82. The van der Waals surface area contributed by atoms with Crippen LogP contribution in [0.4, 0.5) is 5.13 Å². The van der Waals surface area contributed by atoms with E-state index in [4.69, 9.17) is 5.73 Å². The zero-order chi connectivity index (χ0) is 9.10. The van der Waals surface area contributed by atoms with Crippen LogP contribution in [0.15, 0.2) is 24.4 Å². The standard InChI is InChI=1S/C8H8N4S/c9-8-11-7(12-13-8)5-6-3-1-2-4-10-6/h1-4H,5H2,(H2,9,11,12). The number of nitrogens with two attached hydrogens (primary N) is 1. The first-order valence-corrected chi connectivity index (χ1v) is 4.60. The SMILES string of the molecule is Nc1nc(Cc2ccccn2)ns1. The first kappa shape index (κ1) is 8.12. The van der Waals surface area contributed by atoms with Crippen molar-refractivity contribution in [3.63, 3.8) is 0 Å². The van der Waals surface area contributed by atoms with Gasteiger partial charge in [0.2, 0.25) is 0 Å². The van der Waals surface area contributed by atoms with E-state index >= 15 is 0 Å². The average molecular weight is 192 g/mol. The van der Waals surface area contributed by atoms with Crippen molar-refractivity contribution in [1.29, 1.82) is 0 Å². The van der Waals surface area contributed by atoms with E-state index in [9.17, 15) is 0 Å². The topological polar surface area (TPSA) is 64.7 Å². The van der Waals surface area contributed by atoms with E-state index in [0.717, 1.165) is 11.5 Å². The Bertz CT molecular complexity index is 384. The van der Waals surface area contributed by atoms with E-state index in [-0.39, 0.29) is 0 Å². The smallest absolute Gasteiger partial charge is 0.199 e. The molecule has 4 nitrogen and oxygen atoms in total. The summed E-state index contributed by atoms with van der Waals surface area (Å²) in [5.74, 6) is 0.737. The minimum absolute atomic E-state index is 0.505. The van der Waals surface area contributed by atoms with Crippen molar-refractivity contribution in [3.05, 3.63) is 35.9 Å². The van der Waals surface area contributed by atoms with E-state index in [2.05, 4.69) is 14.3 Å². The van der Waals surface area contributed by atoms with Crippen molar-refractivity contribution < 1.29 is 0 Å². The lowest BCUT2D eigenvalue weighted by molar-refractivity contribution is 0.987. The average Bonchev–Trinajstić information content (AvgIpc) is 2.53. The number of aromatic nitrogens is 3. The third-order valence-corrected chi connectivity index (χ3v) is 2.13. The number of pyridine rings is 1. The predicted molar refractivity (Wildman–Crippen MR) is 51.4 cm³/mol. The summed E-state index contributed by atoms with van der Waals surface area (Å²) in [5.41, 5.74) is 6.42. The molecule has 66 valence electrons. The highest BCUT2D eigenvalue weighted by atomic mass is 32.1. The third-order valence-electron chi connectivity index (χ3n) is 1.55. The molecule has 2 heterocycles. The molecule has 0 aliphatic rings. The van der Waals surface area contributed by atoms with Gasteiger partial charge in [-0.25, -0.2) is 4.98 Å². The highest BCUT2D eigenvalue weighted by Gasteiger charge is 2.02. The Kier molecular flexibility index (Phi) is 2.18. The van der Waals surface area contributed by atoms with Crippen molar-refractivity contribution in [3.8, 4) is 0 Å². The van der Waals surface area contributed by atoms with Crippen molar-refractivity contribution in [2.45, 2.75) is 6.42 Å². The zero-order valence-electron chi connectivity index (χ0n) is 6.84. The highest BCUT2D eigenvalue weighted by Crippen LogP contribution is 2.08. The molecule has 0 aliphatic carbocycles. The molecule has 0 bridgehead atoms. The van der Waals surface area contributed by atoms with Crippen molar-refractivity contribution in [1.82, 2.24) is 14.3 Å². The Balaban J connectivity index is 2.15. The van der Waals surface area contributed by atoms with E-state index in [0.29, 0.717) is 11.6 Å². The van der Waals surface area contributed by atoms with Gasteiger partial charge in [0, 0.05) is 23.4 Å². The van der Waals surface area contributed by atoms with E-state index in [1.165, 1.54) is 11.5 Å². The van der Waals surface area contributed by atoms with Crippen LogP contribution in [0.25, 0.3) is 0 Å². The molecule has 0 saturated heterocycles. The van der Waals surface area contributed by atoms with Crippen LogP contribution in [0.5, 0.6) is 0 Å². The maximum absolute atomic E-state index is 5.46. The van der Waals surface area contributed by atoms with Gasteiger partial charge in [0.05, 0.1) is 6.42 Å². The van der Waals surface area contributed by atoms with Crippen LogP contribution < -0.4 is 5.73 Å². The van der Waals surface area contributed by atoms with Crippen molar-refractivity contribution in [2.75, 3.05) is 5.73 Å². The monoisotopic (exact) mass is 192 g/mol. The van der Waals surface area contributed by atoms with Gasteiger partial charge in [-0.15, -0.1) is 0 Å².